The summed E-state index contributed by atoms with van der Waals surface area (Å²) < 4.78 is 30.4. The van der Waals surface area contributed by atoms with Crippen molar-refractivity contribution >= 4 is 15.6 Å². The van der Waals surface area contributed by atoms with Crippen molar-refractivity contribution in [2.45, 2.75) is 17.6 Å². The van der Waals surface area contributed by atoms with Crippen molar-refractivity contribution in [3.63, 3.8) is 0 Å². The summed E-state index contributed by atoms with van der Waals surface area (Å²) in [5, 5.41) is 9.08. The van der Waals surface area contributed by atoms with E-state index in [1.807, 2.05) is 6.07 Å². The van der Waals surface area contributed by atoms with Gasteiger partial charge in [0.25, 0.3) is 0 Å². The Balaban J connectivity index is 2.48. The van der Waals surface area contributed by atoms with Gasteiger partial charge in [0.1, 0.15) is 10.6 Å². The number of ketones is 1. The molecule has 0 aliphatic heterocycles. The molecule has 6 heteroatoms. The van der Waals surface area contributed by atoms with Crippen LogP contribution in [0.1, 0.15) is 28.4 Å². The zero-order valence-corrected chi connectivity index (χ0v) is 13.6. The zero-order valence-electron chi connectivity index (χ0n) is 12.7. The quantitative estimate of drug-likeness (QED) is 0.788. The second-order valence-corrected chi connectivity index (χ2v) is 6.91. The Morgan fingerprint density at radius 2 is 1.91 bits per heavy atom. The molecular weight excluding hydrogens is 314 g/mol. The number of benzene rings is 2. The van der Waals surface area contributed by atoms with Gasteiger partial charge < -0.3 is 4.74 Å². The van der Waals surface area contributed by atoms with Crippen molar-refractivity contribution in [2.24, 2.45) is 0 Å². The van der Waals surface area contributed by atoms with E-state index in [4.69, 9.17) is 10.00 Å². The van der Waals surface area contributed by atoms with Gasteiger partial charge in [-0.05, 0) is 36.8 Å². The molecule has 0 saturated heterocycles. The Kier molecular flexibility index (Phi) is 4.82. The van der Waals surface area contributed by atoms with Crippen LogP contribution in [0.15, 0.2) is 47.4 Å². The van der Waals surface area contributed by atoms with E-state index in [0.29, 0.717) is 16.7 Å². The van der Waals surface area contributed by atoms with E-state index in [1.54, 1.807) is 24.3 Å². The lowest BCUT2D eigenvalue weighted by Crippen LogP contribution is -2.09. The maximum atomic E-state index is 12.7. The summed E-state index contributed by atoms with van der Waals surface area (Å²) in [7, 11) is -2.37. The van der Waals surface area contributed by atoms with Gasteiger partial charge in [-0.1, -0.05) is 18.2 Å². The number of carbonyl (C=O) groups is 1. The van der Waals surface area contributed by atoms with Crippen molar-refractivity contribution in [1.82, 2.24) is 0 Å². The largest absolute Gasteiger partial charge is 0.495 e. The van der Waals surface area contributed by atoms with Crippen LogP contribution in [0.25, 0.3) is 0 Å². The molecule has 23 heavy (non-hydrogen) atoms. The van der Waals surface area contributed by atoms with Gasteiger partial charge in [0, 0.05) is 5.56 Å². The van der Waals surface area contributed by atoms with Crippen LogP contribution in [0.3, 0.4) is 0 Å². The summed E-state index contributed by atoms with van der Waals surface area (Å²) in [5.41, 5.74) is 1.11. The molecule has 0 atom stereocenters. The fourth-order valence-corrected chi connectivity index (χ4v) is 3.72. The van der Waals surface area contributed by atoms with E-state index in [0.717, 1.165) is 0 Å². The summed E-state index contributed by atoms with van der Waals surface area (Å²) in [6.07, 6.45) is 0. The number of hydrogen-bond acceptors (Lipinski definition) is 5. The highest BCUT2D eigenvalue weighted by Gasteiger charge is 2.22. The molecule has 0 aromatic heterocycles. The molecule has 2 aromatic carbocycles. The second kappa shape index (κ2) is 6.63. The number of carbonyl (C=O) groups excluding carboxylic acids is 1. The predicted octanol–water partition coefficient (Wildman–Crippen LogP) is 2.74. The van der Waals surface area contributed by atoms with E-state index in [2.05, 4.69) is 0 Å². The first kappa shape index (κ1) is 16.7. The fraction of sp³-hybridized carbons (Fsp3) is 0.176. The van der Waals surface area contributed by atoms with Gasteiger partial charge in [0.15, 0.2) is 15.6 Å². The Bertz CT molecular complexity index is 895. The molecule has 0 aliphatic carbocycles. The summed E-state index contributed by atoms with van der Waals surface area (Å²) >= 11 is 0. The second-order valence-electron chi connectivity index (χ2n) is 4.95. The number of nitrogens with zero attached hydrogens (tertiary/aromatic N) is 1. The average molecular weight is 329 g/mol. The molecule has 5 nitrogen and oxygen atoms in total. The number of methoxy groups -OCH3 is 1. The first-order chi connectivity index (χ1) is 10.9. The minimum Gasteiger partial charge on any atom is -0.495 e. The van der Waals surface area contributed by atoms with Crippen LogP contribution in [0, 0.1) is 11.3 Å². The van der Waals surface area contributed by atoms with Crippen molar-refractivity contribution < 1.29 is 17.9 Å². The zero-order chi connectivity index (χ0) is 17.0. The molecule has 0 fully saturated rings. The van der Waals surface area contributed by atoms with E-state index < -0.39 is 9.84 Å². The molecule has 0 radical (unpaired) electrons. The number of rotatable bonds is 5. The normalized spacial score (nSPS) is 10.8. The molecule has 2 aromatic rings. The van der Waals surface area contributed by atoms with Crippen LogP contribution in [0.2, 0.25) is 0 Å². The van der Waals surface area contributed by atoms with E-state index >= 15 is 0 Å². The van der Waals surface area contributed by atoms with Crippen LogP contribution >= 0.6 is 0 Å². The third-order valence-corrected chi connectivity index (χ3v) is 5.09. The lowest BCUT2D eigenvalue weighted by molar-refractivity contribution is 0.101. The monoisotopic (exact) mass is 329 g/mol. The van der Waals surface area contributed by atoms with Gasteiger partial charge in [-0.3, -0.25) is 4.79 Å². The van der Waals surface area contributed by atoms with Crippen LogP contribution in [0.5, 0.6) is 5.75 Å². The minimum absolute atomic E-state index is 0.00209. The third kappa shape index (κ3) is 3.58. The van der Waals surface area contributed by atoms with Crippen molar-refractivity contribution in [2.75, 3.05) is 7.11 Å². The SMILES string of the molecule is COc1cc(C(C)=O)ccc1S(=O)(=O)Cc1ccccc1C#N. The number of Topliss-reactive ketones (excluding diaryl/α,β-unsaturated/α-hetero) is 1. The standard InChI is InChI=1S/C17H15NO4S/c1-12(19)13-7-8-17(16(9-13)22-2)23(20,21)11-15-6-4-3-5-14(15)10-18/h3-9H,11H2,1-2H3. The van der Waals surface area contributed by atoms with Gasteiger partial charge in [-0.15, -0.1) is 0 Å². The first-order valence-electron chi connectivity index (χ1n) is 6.79. The van der Waals surface area contributed by atoms with Gasteiger partial charge in [0.05, 0.1) is 24.5 Å². The highest BCUT2D eigenvalue weighted by Crippen LogP contribution is 2.28. The van der Waals surface area contributed by atoms with Crippen molar-refractivity contribution in [3.8, 4) is 11.8 Å². The number of nitriles is 1. The van der Waals surface area contributed by atoms with Gasteiger partial charge >= 0.3 is 0 Å². The molecule has 0 bridgehead atoms. The first-order valence-corrected chi connectivity index (χ1v) is 8.44. The molecule has 0 unspecified atom stereocenters. The summed E-state index contributed by atoms with van der Waals surface area (Å²) in [6, 6.07) is 12.7. The number of hydrogen-bond donors (Lipinski definition) is 0. The van der Waals surface area contributed by atoms with Crippen molar-refractivity contribution in [3.05, 3.63) is 59.2 Å². The predicted molar refractivity (Wildman–Crippen MR) is 85.0 cm³/mol. The van der Waals surface area contributed by atoms with Crippen LogP contribution in [-0.4, -0.2) is 21.3 Å². The Labute approximate surface area is 135 Å². The van der Waals surface area contributed by atoms with Crippen LogP contribution in [0.4, 0.5) is 0 Å². The Hall–Kier alpha value is -2.65. The smallest absolute Gasteiger partial charge is 0.186 e. The Morgan fingerprint density at radius 1 is 1.22 bits per heavy atom. The van der Waals surface area contributed by atoms with Gasteiger partial charge in [-0.2, -0.15) is 5.26 Å². The topological polar surface area (TPSA) is 84.2 Å². The van der Waals surface area contributed by atoms with E-state index in [1.165, 1.54) is 32.2 Å². The summed E-state index contributed by atoms with van der Waals surface area (Å²) in [5.74, 6) is -0.374. The highest BCUT2D eigenvalue weighted by atomic mass is 32.2. The third-order valence-electron chi connectivity index (χ3n) is 3.39. The van der Waals surface area contributed by atoms with E-state index in [-0.39, 0.29) is 22.2 Å². The fourth-order valence-electron chi connectivity index (χ4n) is 2.18. The van der Waals surface area contributed by atoms with E-state index in [9.17, 15) is 13.2 Å². The Morgan fingerprint density at radius 3 is 2.52 bits per heavy atom. The average Bonchev–Trinajstić information content (AvgIpc) is 2.54. The van der Waals surface area contributed by atoms with Crippen molar-refractivity contribution in [1.29, 1.82) is 5.26 Å². The number of sulfone groups is 1. The maximum Gasteiger partial charge on any atom is 0.186 e. The molecule has 0 spiro atoms. The lowest BCUT2D eigenvalue weighted by Gasteiger charge is -2.11. The van der Waals surface area contributed by atoms with Gasteiger partial charge in [-0.25, -0.2) is 8.42 Å². The maximum absolute atomic E-state index is 12.7. The molecule has 2 rings (SSSR count). The highest BCUT2D eigenvalue weighted by molar-refractivity contribution is 7.90. The minimum atomic E-state index is -3.72. The summed E-state index contributed by atoms with van der Waals surface area (Å²) in [4.78, 5) is 11.4. The van der Waals surface area contributed by atoms with Gasteiger partial charge in [0.2, 0.25) is 0 Å². The molecule has 0 saturated carbocycles. The molecule has 0 aliphatic rings. The molecule has 0 heterocycles. The molecular formula is C17H15NO4S. The van der Waals surface area contributed by atoms with Crippen LogP contribution < -0.4 is 4.74 Å². The molecule has 0 N–H and O–H groups in total. The van der Waals surface area contributed by atoms with Crippen LogP contribution in [-0.2, 0) is 15.6 Å². The lowest BCUT2D eigenvalue weighted by atomic mass is 10.1. The molecule has 118 valence electrons. The molecule has 0 amide bonds. The summed E-state index contributed by atoms with van der Waals surface area (Å²) in [6.45, 7) is 1.39. The number of ether oxygens (including phenoxy) is 1.